The Kier molecular flexibility index (Phi) is 8.46. The van der Waals surface area contributed by atoms with Gasteiger partial charge in [0, 0.05) is 10.0 Å². The zero-order valence-electron chi connectivity index (χ0n) is 20.5. The highest BCUT2D eigenvalue weighted by Gasteiger charge is 2.27. The normalized spacial score (nSPS) is 11.1. The van der Waals surface area contributed by atoms with Crippen molar-refractivity contribution in [1.29, 1.82) is 0 Å². The van der Waals surface area contributed by atoms with E-state index in [0.29, 0.717) is 33.0 Å². The lowest BCUT2D eigenvalue weighted by molar-refractivity contribution is -0.114. The van der Waals surface area contributed by atoms with Crippen LogP contribution in [0.5, 0.6) is 17.2 Å². The first kappa shape index (κ1) is 27.3. The summed E-state index contributed by atoms with van der Waals surface area (Å²) in [6, 6.07) is 24.4. The first-order valence-corrected chi connectivity index (χ1v) is 13.6. The lowest BCUT2D eigenvalue weighted by Gasteiger charge is -2.24. The second-order valence-corrected chi connectivity index (χ2v) is 11.0. The molecule has 4 rings (SSSR count). The number of aryl methyl sites for hydroxylation is 1. The maximum atomic E-state index is 13.6. The summed E-state index contributed by atoms with van der Waals surface area (Å²) in [6.07, 6.45) is 0. The third kappa shape index (κ3) is 6.39. The van der Waals surface area contributed by atoms with E-state index in [-0.39, 0.29) is 10.6 Å². The van der Waals surface area contributed by atoms with Crippen molar-refractivity contribution in [1.82, 2.24) is 0 Å². The highest BCUT2D eigenvalue weighted by atomic mass is 35.5. The highest BCUT2D eigenvalue weighted by molar-refractivity contribution is 7.92. The molecule has 0 aliphatic rings. The number of hydrogen-bond acceptors (Lipinski definition) is 5. The highest BCUT2D eigenvalue weighted by Crippen LogP contribution is 2.36. The van der Waals surface area contributed by atoms with Gasteiger partial charge in [-0.3, -0.25) is 9.10 Å². The minimum absolute atomic E-state index is 0.00164. The van der Waals surface area contributed by atoms with Crippen molar-refractivity contribution < 1.29 is 22.7 Å². The molecule has 0 aliphatic heterocycles. The van der Waals surface area contributed by atoms with Crippen LogP contribution in [0.15, 0.2) is 95.9 Å². The number of benzene rings is 4. The van der Waals surface area contributed by atoms with Gasteiger partial charge in [-0.1, -0.05) is 53.0 Å². The van der Waals surface area contributed by atoms with Crippen LogP contribution >= 0.6 is 23.2 Å². The van der Waals surface area contributed by atoms with Crippen LogP contribution in [0.2, 0.25) is 10.0 Å². The van der Waals surface area contributed by atoms with Crippen LogP contribution in [0.1, 0.15) is 5.56 Å². The van der Waals surface area contributed by atoms with Gasteiger partial charge >= 0.3 is 0 Å². The topological polar surface area (TPSA) is 84.9 Å². The Morgan fingerprint density at radius 1 is 0.842 bits per heavy atom. The first-order chi connectivity index (χ1) is 18.2. The molecular formula is C28H24Cl2N2O5S. The molecule has 0 unspecified atom stereocenters. The molecule has 1 N–H and O–H groups in total. The number of hydrogen-bond donors (Lipinski definition) is 1. The lowest BCUT2D eigenvalue weighted by Crippen LogP contribution is -2.38. The van der Waals surface area contributed by atoms with Crippen molar-refractivity contribution in [2.75, 3.05) is 23.3 Å². The largest absolute Gasteiger partial charge is 0.493 e. The lowest BCUT2D eigenvalue weighted by atomic mass is 10.2. The molecule has 0 saturated heterocycles. The van der Waals surface area contributed by atoms with E-state index < -0.39 is 22.5 Å². The molecule has 0 aromatic heterocycles. The fourth-order valence-corrected chi connectivity index (χ4v) is 5.31. The van der Waals surface area contributed by atoms with Crippen molar-refractivity contribution in [3.05, 3.63) is 107 Å². The SMILES string of the molecule is COc1ccccc1Oc1ccc(Cl)cc1NC(=O)CN(c1ccc(C)cc1)S(=O)(=O)c1ccc(Cl)cc1. The third-order valence-corrected chi connectivity index (χ3v) is 7.79. The number of amides is 1. The van der Waals surface area contributed by atoms with Crippen molar-refractivity contribution >= 4 is 50.5 Å². The molecule has 7 nitrogen and oxygen atoms in total. The smallest absolute Gasteiger partial charge is 0.264 e. The third-order valence-electron chi connectivity index (χ3n) is 5.52. The Labute approximate surface area is 231 Å². The molecule has 10 heteroatoms. The predicted octanol–water partition coefficient (Wildman–Crippen LogP) is 6.94. The van der Waals surface area contributed by atoms with Crippen LogP contribution in [0.4, 0.5) is 11.4 Å². The Morgan fingerprint density at radius 3 is 2.13 bits per heavy atom. The molecule has 0 saturated carbocycles. The minimum Gasteiger partial charge on any atom is -0.493 e. The van der Waals surface area contributed by atoms with Gasteiger partial charge in [-0.05, 0) is 73.7 Å². The fraction of sp³-hybridized carbons (Fsp3) is 0.107. The molecule has 0 spiro atoms. The number of anilines is 2. The van der Waals surface area contributed by atoms with Crippen molar-refractivity contribution in [3.63, 3.8) is 0 Å². The molecule has 38 heavy (non-hydrogen) atoms. The fourth-order valence-electron chi connectivity index (χ4n) is 3.59. The van der Waals surface area contributed by atoms with Gasteiger partial charge in [-0.2, -0.15) is 0 Å². The van der Waals surface area contributed by atoms with Gasteiger partial charge in [0.15, 0.2) is 17.2 Å². The second-order valence-electron chi connectivity index (χ2n) is 8.24. The first-order valence-electron chi connectivity index (χ1n) is 11.4. The van der Waals surface area contributed by atoms with Crippen molar-refractivity contribution in [3.8, 4) is 17.2 Å². The van der Waals surface area contributed by atoms with E-state index in [1.807, 2.05) is 6.92 Å². The second kappa shape index (κ2) is 11.8. The number of ether oxygens (including phenoxy) is 2. The average Bonchev–Trinajstić information content (AvgIpc) is 2.90. The summed E-state index contributed by atoms with van der Waals surface area (Å²) in [5.74, 6) is 0.628. The summed E-state index contributed by atoms with van der Waals surface area (Å²) < 4.78 is 39.6. The molecule has 4 aromatic rings. The number of nitrogens with zero attached hydrogens (tertiary/aromatic N) is 1. The van der Waals surface area contributed by atoms with E-state index in [1.54, 1.807) is 60.7 Å². The van der Waals surface area contributed by atoms with E-state index in [9.17, 15) is 13.2 Å². The minimum atomic E-state index is -4.11. The van der Waals surface area contributed by atoms with Crippen LogP contribution in [0.25, 0.3) is 0 Å². The number of nitrogens with one attached hydrogen (secondary N) is 1. The van der Waals surface area contributed by atoms with E-state index in [0.717, 1.165) is 9.87 Å². The van der Waals surface area contributed by atoms with E-state index in [2.05, 4.69) is 5.32 Å². The number of halogens is 2. The summed E-state index contributed by atoms with van der Waals surface area (Å²) in [7, 11) is -2.59. The van der Waals surface area contributed by atoms with Gasteiger partial charge in [-0.15, -0.1) is 0 Å². The van der Waals surface area contributed by atoms with Crippen molar-refractivity contribution in [2.24, 2.45) is 0 Å². The number of carbonyl (C=O) groups is 1. The number of para-hydroxylation sites is 2. The van der Waals surface area contributed by atoms with Gasteiger partial charge in [0.1, 0.15) is 6.54 Å². The summed E-state index contributed by atoms with van der Waals surface area (Å²) in [4.78, 5) is 13.3. The maximum absolute atomic E-state index is 13.6. The molecule has 0 radical (unpaired) electrons. The molecule has 1 amide bonds. The Balaban J connectivity index is 1.64. The van der Waals surface area contributed by atoms with Crippen molar-refractivity contribution in [2.45, 2.75) is 11.8 Å². The molecular weight excluding hydrogens is 547 g/mol. The van der Waals surface area contributed by atoms with Crippen LogP contribution < -0.4 is 19.1 Å². The van der Waals surface area contributed by atoms with Crippen LogP contribution in [-0.4, -0.2) is 28.0 Å². The van der Waals surface area contributed by atoms with Crippen LogP contribution in [-0.2, 0) is 14.8 Å². The zero-order chi connectivity index (χ0) is 27.3. The quantitative estimate of drug-likeness (QED) is 0.235. The zero-order valence-corrected chi connectivity index (χ0v) is 22.8. The predicted molar refractivity (Wildman–Crippen MR) is 150 cm³/mol. The molecule has 4 aromatic carbocycles. The van der Waals surface area contributed by atoms with Crippen LogP contribution in [0, 0.1) is 6.92 Å². The number of methoxy groups -OCH3 is 1. The standard InChI is InChI=1S/C28H24Cl2N2O5S/c1-19-7-12-22(13-8-19)32(38(34,35)23-14-9-20(29)10-15-23)18-28(33)31-24-17-21(30)11-16-25(24)37-27-6-4-3-5-26(27)36-2/h3-17H,18H2,1-2H3,(H,31,33). The van der Waals surface area contributed by atoms with Gasteiger partial charge in [-0.25, -0.2) is 8.42 Å². The molecule has 0 bridgehead atoms. The Bertz CT molecular complexity index is 1540. The summed E-state index contributed by atoms with van der Waals surface area (Å²) in [5, 5.41) is 3.49. The average molecular weight is 571 g/mol. The van der Waals surface area contributed by atoms with Crippen LogP contribution in [0.3, 0.4) is 0 Å². The number of carbonyl (C=O) groups excluding carboxylic acids is 1. The summed E-state index contributed by atoms with van der Waals surface area (Å²) in [6.45, 7) is 1.38. The molecule has 0 heterocycles. The van der Waals surface area contributed by atoms with Gasteiger partial charge < -0.3 is 14.8 Å². The summed E-state index contributed by atoms with van der Waals surface area (Å²) in [5.41, 5.74) is 1.54. The molecule has 0 aliphatic carbocycles. The van der Waals surface area contributed by atoms with E-state index in [4.69, 9.17) is 32.7 Å². The number of sulfonamides is 1. The van der Waals surface area contributed by atoms with Gasteiger partial charge in [0.25, 0.3) is 10.0 Å². The Morgan fingerprint density at radius 2 is 1.47 bits per heavy atom. The molecule has 0 atom stereocenters. The maximum Gasteiger partial charge on any atom is 0.264 e. The van der Waals surface area contributed by atoms with E-state index in [1.165, 1.54) is 37.4 Å². The monoisotopic (exact) mass is 570 g/mol. The Hall–Kier alpha value is -3.72. The summed E-state index contributed by atoms with van der Waals surface area (Å²) >= 11 is 12.1. The van der Waals surface area contributed by atoms with E-state index >= 15 is 0 Å². The van der Waals surface area contributed by atoms with Gasteiger partial charge in [0.05, 0.1) is 23.4 Å². The number of rotatable bonds is 9. The molecule has 0 fully saturated rings. The van der Waals surface area contributed by atoms with Gasteiger partial charge in [0.2, 0.25) is 5.91 Å². The molecule has 196 valence electrons.